The van der Waals surface area contributed by atoms with E-state index in [9.17, 15) is 4.57 Å². The largest absolute Gasteiger partial charge is 0.430 e. The Kier molecular flexibility index (Phi) is 7.39. The summed E-state index contributed by atoms with van der Waals surface area (Å²) in [7, 11) is -3.28. The maximum Gasteiger partial charge on any atom is 0.430 e. The van der Waals surface area contributed by atoms with Gasteiger partial charge in [0.05, 0.1) is 6.16 Å². The normalized spacial score (nSPS) is 12.6. The molecule has 4 heteroatoms. The molecule has 1 atom stereocenters. The Morgan fingerprint density at radius 1 is 0.875 bits per heavy atom. The molecule has 0 aliphatic heterocycles. The lowest BCUT2D eigenvalue weighted by atomic mass is 10.0. The van der Waals surface area contributed by atoms with E-state index in [1.807, 2.05) is 60.7 Å². The molecule has 0 amide bonds. The molecule has 0 spiro atoms. The molecule has 0 radical (unpaired) electrons. The van der Waals surface area contributed by atoms with Crippen molar-refractivity contribution in [1.82, 2.24) is 0 Å². The second-order valence-corrected chi connectivity index (χ2v) is 7.97. The van der Waals surface area contributed by atoms with Crippen LogP contribution in [0.4, 0.5) is 0 Å². The van der Waals surface area contributed by atoms with Crippen molar-refractivity contribution in [2.75, 3.05) is 6.16 Å². The van der Waals surface area contributed by atoms with Crippen LogP contribution in [0.1, 0.15) is 39.5 Å². The van der Waals surface area contributed by atoms with Gasteiger partial charge in [0.2, 0.25) is 0 Å². The van der Waals surface area contributed by atoms with Crippen molar-refractivity contribution >= 4 is 7.60 Å². The van der Waals surface area contributed by atoms with E-state index in [4.69, 9.17) is 9.05 Å². The van der Waals surface area contributed by atoms with E-state index in [2.05, 4.69) is 13.8 Å². The molecule has 2 rings (SSSR count). The van der Waals surface area contributed by atoms with E-state index in [-0.39, 0.29) is 0 Å². The first kappa shape index (κ1) is 18.6. The van der Waals surface area contributed by atoms with Crippen molar-refractivity contribution in [3.63, 3.8) is 0 Å². The van der Waals surface area contributed by atoms with Crippen LogP contribution in [-0.4, -0.2) is 6.16 Å². The predicted octanol–water partition coefficient (Wildman–Crippen LogP) is 6.55. The standard InChI is InChI=1S/C20H27O3P/c1-3-5-12-18(4-2)17-24(21,22-19-13-8-6-9-14-19)23-20-15-10-7-11-16-20/h6-11,13-16,18H,3-5,12,17H2,1-2H3. The molecule has 3 nitrogen and oxygen atoms in total. The highest BCUT2D eigenvalue weighted by Crippen LogP contribution is 2.50. The van der Waals surface area contributed by atoms with Gasteiger partial charge < -0.3 is 9.05 Å². The lowest BCUT2D eigenvalue weighted by molar-refractivity contribution is 0.366. The number of unbranched alkanes of at least 4 members (excludes halogenated alkanes) is 1. The van der Waals surface area contributed by atoms with Gasteiger partial charge in [-0.1, -0.05) is 69.5 Å². The Morgan fingerprint density at radius 2 is 1.38 bits per heavy atom. The van der Waals surface area contributed by atoms with Crippen LogP contribution in [0.25, 0.3) is 0 Å². The summed E-state index contributed by atoms with van der Waals surface area (Å²) in [5, 5.41) is 0. The second kappa shape index (κ2) is 9.54. The number of para-hydroxylation sites is 2. The highest BCUT2D eigenvalue weighted by atomic mass is 31.2. The summed E-state index contributed by atoms with van der Waals surface area (Å²) in [6.07, 6.45) is 4.73. The number of rotatable bonds is 10. The summed E-state index contributed by atoms with van der Waals surface area (Å²) in [6, 6.07) is 18.6. The van der Waals surface area contributed by atoms with E-state index >= 15 is 0 Å². The minimum atomic E-state index is -3.28. The van der Waals surface area contributed by atoms with Gasteiger partial charge in [-0.25, -0.2) is 4.57 Å². The molecule has 0 aliphatic rings. The molecule has 0 aromatic heterocycles. The van der Waals surface area contributed by atoms with Gasteiger partial charge in [-0.05, 0) is 36.6 Å². The fourth-order valence-corrected chi connectivity index (χ4v) is 4.76. The van der Waals surface area contributed by atoms with Crippen molar-refractivity contribution < 1.29 is 13.6 Å². The Bertz CT molecular complexity index is 582. The maximum absolute atomic E-state index is 13.4. The lowest BCUT2D eigenvalue weighted by Crippen LogP contribution is -2.13. The van der Waals surface area contributed by atoms with Gasteiger partial charge in [0.25, 0.3) is 0 Å². The van der Waals surface area contributed by atoms with E-state index < -0.39 is 7.60 Å². The molecule has 0 saturated heterocycles. The van der Waals surface area contributed by atoms with Gasteiger partial charge in [0.15, 0.2) is 0 Å². The minimum absolute atomic E-state index is 0.336. The zero-order valence-corrected chi connectivity index (χ0v) is 15.5. The maximum atomic E-state index is 13.4. The molecule has 0 saturated carbocycles. The molecule has 0 N–H and O–H groups in total. The van der Waals surface area contributed by atoms with Gasteiger partial charge in [0.1, 0.15) is 11.5 Å². The Morgan fingerprint density at radius 3 is 1.79 bits per heavy atom. The first-order valence-corrected chi connectivity index (χ1v) is 10.5. The molecule has 2 aromatic rings. The topological polar surface area (TPSA) is 35.5 Å². The molecule has 0 bridgehead atoms. The fourth-order valence-electron chi connectivity index (χ4n) is 2.61. The minimum Gasteiger partial charge on any atom is -0.416 e. The van der Waals surface area contributed by atoms with Crippen LogP contribution in [0.5, 0.6) is 11.5 Å². The first-order chi connectivity index (χ1) is 11.6. The van der Waals surface area contributed by atoms with Crippen LogP contribution in [-0.2, 0) is 4.57 Å². The molecular formula is C20H27O3P. The van der Waals surface area contributed by atoms with E-state index in [0.717, 1.165) is 25.7 Å². The smallest absolute Gasteiger partial charge is 0.416 e. The number of hydrogen-bond donors (Lipinski definition) is 0. The third-order valence-electron chi connectivity index (χ3n) is 4.00. The summed E-state index contributed by atoms with van der Waals surface area (Å²) >= 11 is 0. The van der Waals surface area contributed by atoms with Gasteiger partial charge in [-0.15, -0.1) is 0 Å². The zero-order chi connectivity index (χ0) is 17.3. The molecule has 0 heterocycles. The fraction of sp³-hybridized carbons (Fsp3) is 0.400. The molecule has 0 fully saturated rings. The first-order valence-electron chi connectivity index (χ1n) is 8.73. The van der Waals surface area contributed by atoms with Crippen LogP contribution in [0.3, 0.4) is 0 Å². The monoisotopic (exact) mass is 346 g/mol. The molecule has 24 heavy (non-hydrogen) atoms. The van der Waals surface area contributed by atoms with Gasteiger partial charge in [-0.3, -0.25) is 0 Å². The summed E-state index contributed by atoms with van der Waals surface area (Å²) in [5.74, 6) is 1.51. The highest BCUT2D eigenvalue weighted by Gasteiger charge is 2.31. The molecule has 1 unspecified atom stereocenters. The third kappa shape index (κ3) is 6.05. The Labute approximate surface area is 145 Å². The van der Waals surface area contributed by atoms with Crippen molar-refractivity contribution in [3.05, 3.63) is 60.7 Å². The summed E-state index contributed by atoms with van der Waals surface area (Å²) in [6.45, 7) is 4.31. The SMILES string of the molecule is CCCCC(CC)CP(=O)(Oc1ccccc1)Oc1ccccc1. The van der Waals surface area contributed by atoms with E-state index in [1.165, 1.54) is 0 Å². The predicted molar refractivity (Wildman–Crippen MR) is 99.9 cm³/mol. The second-order valence-electron chi connectivity index (χ2n) is 6.02. The van der Waals surface area contributed by atoms with Crippen molar-refractivity contribution in [3.8, 4) is 11.5 Å². The van der Waals surface area contributed by atoms with Gasteiger partial charge in [-0.2, -0.15) is 0 Å². The van der Waals surface area contributed by atoms with Crippen LogP contribution >= 0.6 is 7.60 Å². The summed E-state index contributed by atoms with van der Waals surface area (Å²) < 4.78 is 25.1. The molecule has 130 valence electrons. The van der Waals surface area contributed by atoms with Gasteiger partial charge in [0, 0.05) is 0 Å². The number of hydrogen-bond acceptors (Lipinski definition) is 3. The Balaban J connectivity index is 2.17. The van der Waals surface area contributed by atoms with Crippen molar-refractivity contribution in [2.45, 2.75) is 39.5 Å². The highest BCUT2D eigenvalue weighted by molar-refractivity contribution is 7.54. The van der Waals surface area contributed by atoms with Crippen LogP contribution in [0, 0.1) is 5.92 Å². The molecular weight excluding hydrogens is 319 g/mol. The van der Waals surface area contributed by atoms with Crippen LogP contribution in [0.15, 0.2) is 60.7 Å². The lowest BCUT2D eigenvalue weighted by Gasteiger charge is -2.24. The van der Waals surface area contributed by atoms with Crippen LogP contribution < -0.4 is 9.05 Å². The summed E-state index contributed by atoms with van der Waals surface area (Å²) in [5.41, 5.74) is 0. The quantitative estimate of drug-likeness (QED) is 0.457. The van der Waals surface area contributed by atoms with Crippen molar-refractivity contribution in [1.29, 1.82) is 0 Å². The molecule has 2 aromatic carbocycles. The van der Waals surface area contributed by atoms with E-state index in [0.29, 0.717) is 23.6 Å². The summed E-state index contributed by atoms with van der Waals surface area (Å²) in [4.78, 5) is 0. The van der Waals surface area contributed by atoms with E-state index in [1.54, 1.807) is 0 Å². The Hall–Kier alpha value is -1.73. The third-order valence-corrected chi connectivity index (χ3v) is 5.94. The van der Waals surface area contributed by atoms with Gasteiger partial charge >= 0.3 is 7.60 Å². The average molecular weight is 346 g/mol. The average Bonchev–Trinajstić information content (AvgIpc) is 2.60. The molecule has 0 aliphatic carbocycles. The zero-order valence-electron chi connectivity index (χ0n) is 14.6. The van der Waals surface area contributed by atoms with Crippen LogP contribution in [0.2, 0.25) is 0 Å². The van der Waals surface area contributed by atoms with Crippen molar-refractivity contribution in [2.24, 2.45) is 5.92 Å². The number of benzene rings is 2.